The maximum atomic E-state index is 12.9. The Hall–Kier alpha value is -2.08. The molecule has 1 aromatic carbocycles. The van der Waals surface area contributed by atoms with E-state index in [0.29, 0.717) is 11.4 Å². The summed E-state index contributed by atoms with van der Waals surface area (Å²) in [6.45, 7) is 5.10. The van der Waals surface area contributed by atoms with Crippen molar-refractivity contribution >= 4 is 29.4 Å². The number of halogens is 1. The second kappa shape index (κ2) is 7.87. The van der Waals surface area contributed by atoms with Crippen LogP contribution in [0.4, 0.5) is 0 Å². The highest BCUT2D eigenvalue weighted by Crippen LogP contribution is 2.44. The van der Waals surface area contributed by atoms with Gasteiger partial charge in [-0.15, -0.1) is 0 Å². The van der Waals surface area contributed by atoms with Crippen LogP contribution in [0.1, 0.15) is 38.7 Å². The monoisotopic (exact) mass is 367 g/mol. The minimum atomic E-state index is -1.81. The number of nitrogens with zero attached hydrogens (tertiary/aromatic N) is 1. The SMILES string of the molecule is CCOC(=O)C1(C(=O)OCC)C(c2ccc(Cl)cc2)CCN1C(C)=O. The number of hydrogen-bond acceptors (Lipinski definition) is 5. The van der Waals surface area contributed by atoms with Gasteiger partial charge in [-0.3, -0.25) is 4.79 Å². The van der Waals surface area contributed by atoms with Crippen molar-refractivity contribution in [1.82, 2.24) is 4.90 Å². The third-order valence-corrected chi connectivity index (χ3v) is 4.65. The molecule has 0 aromatic heterocycles. The molecule has 2 rings (SSSR count). The molecule has 1 atom stereocenters. The van der Waals surface area contributed by atoms with Crippen LogP contribution >= 0.6 is 11.6 Å². The zero-order chi connectivity index (χ0) is 18.6. The molecular weight excluding hydrogens is 346 g/mol. The van der Waals surface area contributed by atoms with Gasteiger partial charge in [0.05, 0.1) is 13.2 Å². The molecule has 0 spiro atoms. The minimum absolute atomic E-state index is 0.0963. The number of likely N-dealkylation sites (tertiary alicyclic amines) is 1. The first-order chi connectivity index (χ1) is 11.9. The van der Waals surface area contributed by atoms with Crippen LogP contribution in [0, 0.1) is 0 Å². The minimum Gasteiger partial charge on any atom is -0.464 e. The predicted octanol–water partition coefficient (Wildman–Crippen LogP) is 2.54. The van der Waals surface area contributed by atoms with Crippen molar-refractivity contribution in [2.75, 3.05) is 19.8 Å². The van der Waals surface area contributed by atoms with Crippen LogP contribution < -0.4 is 0 Å². The molecule has 1 heterocycles. The molecular formula is C18H22ClNO5. The second-order valence-electron chi connectivity index (χ2n) is 5.77. The molecule has 0 bridgehead atoms. The third kappa shape index (κ3) is 3.35. The number of carbonyl (C=O) groups is 3. The lowest BCUT2D eigenvalue weighted by Crippen LogP contribution is -2.62. The van der Waals surface area contributed by atoms with Gasteiger partial charge in [-0.1, -0.05) is 23.7 Å². The number of amides is 1. The van der Waals surface area contributed by atoms with E-state index < -0.39 is 23.4 Å². The summed E-state index contributed by atoms with van der Waals surface area (Å²) in [5, 5.41) is 0.544. The van der Waals surface area contributed by atoms with Gasteiger partial charge in [-0.2, -0.15) is 0 Å². The molecule has 1 unspecified atom stereocenters. The topological polar surface area (TPSA) is 72.9 Å². The standard InChI is InChI=1S/C18H22ClNO5/c1-4-24-16(22)18(17(23)25-5-2)15(10-11-20(18)12(3)21)13-6-8-14(19)9-7-13/h6-9,15H,4-5,10-11H2,1-3H3. The molecule has 136 valence electrons. The molecule has 1 saturated heterocycles. The molecule has 0 saturated carbocycles. The van der Waals surface area contributed by atoms with E-state index in [4.69, 9.17) is 21.1 Å². The summed E-state index contributed by atoms with van der Waals surface area (Å²) in [4.78, 5) is 39.3. The van der Waals surface area contributed by atoms with Crippen LogP contribution in [0.5, 0.6) is 0 Å². The van der Waals surface area contributed by atoms with Crippen molar-refractivity contribution in [3.05, 3.63) is 34.9 Å². The van der Waals surface area contributed by atoms with Crippen molar-refractivity contribution in [1.29, 1.82) is 0 Å². The zero-order valence-electron chi connectivity index (χ0n) is 14.6. The highest BCUT2D eigenvalue weighted by Gasteiger charge is 2.63. The van der Waals surface area contributed by atoms with Gasteiger partial charge < -0.3 is 14.4 Å². The van der Waals surface area contributed by atoms with Crippen LogP contribution in [-0.2, 0) is 23.9 Å². The zero-order valence-corrected chi connectivity index (χ0v) is 15.3. The largest absolute Gasteiger partial charge is 0.464 e. The van der Waals surface area contributed by atoms with Crippen molar-refractivity contribution in [3.8, 4) is 0 Å². The fourth-order valence-corrected chi connectivity index (χ4v) is 3.54. The smallest absolute Gasteiger partial charge is 0.344 e. The molecule has 7 heteroatoms. The fraction of sp³-hybridized carbons (Fsp3) is 0.500. The highest BCUT2D eigenvalue weighted by atomic mass is 35.5. The van der Waals surface area contributed by atoms with E-state index in [-0.39, 0.29) is 25.7 Å². The van der Waals surface area contributed by atoms with Crippen molar-refractivity contribution < 1.29 is 23.9 Å². The average molecular weight is 368 g/mol. The maximum absolute atomic E-state index is 12.9. The maximum Gasteiger partial charge on any atom is 0.344 e. The van der Waals surface area contributed by atoms with E-state index in [1.807, 2.05) is 0 Å². The van der Waals surface area contributed by atoms with E-state index >= 15 is 0 Å². The summed E-state index contributed by atoms with van der Waals surface area (Å²) in [6, 6.07) is 6.89. The molecule has 1 aromatic rings. The van der Waals surface area contributed by atoms with E-state index in [1.54, 1.807) is 38.1 Å². The number of rotatable bonds is 5. The Labute approximate surface area is 152 Å². The van der Waals surface area contributed by atoms with Crippen LogP contribution in [0.2, 0.25) is 5.02 Å². The average Bonchev–Trinajstić information content (AvgIpc) is 2.97. The van der Waals surface area contributed by atoms with Gasteiger partial charge in [-0.05, 0) is 38.0 Å². The number of carbonyl (C=O) groups excluding carboxylic acids is 3. The van der Waals surface area contributed by atoms with Gasteiger partial charge >= 0.3 is 11.9 Å². The second-order valence-corrected chi connectivity index (χ2v) is 6.21. The first-order valence-corrected chi connectivity index (χ1v) is 8.65. The molecule has 0 N–H and O–H groups in total. The summed E-state index contributed by atoms with van der Waals surface area (Å²) < 4.78 is 10.4. The summed E-state index contributed by atoms with van der Waals surface area (Å²) in [5.41, 5.74) is -1.08. The molecule has 6 nitrogen and oxygen atoms in total. The van der Waals surface area contributed by atoms with Gasteiger partial charge in [0.2, 0.25) is 11.4 Å². The Morgan fingerprint density at radius 2 is 1.64 bits per heavy atom. The summed E-state index contributed by atoms with van der Waals surface area (Å²) in [5.74, 6) is -2.47. The van der Waals surface area contributed by atoms with Gasteiger partial charge in [0.1, 0.15) is 0 Å². The van der Waals surface area contributed by atoms with Crippen LogP contribution in [-0.4, -0.2) is 48.0 Å². The van der Waals surface area contributed by atoms with Crippen LogP contribution in [0.3, 0.4) is 0 Å². The van der Waals surface area contributed by atoms with Crippen LogP contribution in [0.25, 0.3) is 0 Å². The van der Waals surface area contributed by atoms with Gasteiger partial charge in [0.15, 0.2) is 0 Å². The quantitative estimate of drug-likeness (QED) is 0.590. The Balaban J connectivity index is 2.62. The number of hydrogen-bond donors (Lipinski definition) is 0. The predicted molar refractivity (Wildman–Crippen MR) is 92.2 cm³/mol. The van der Waals surface area contributed by atoms with E-state index in [0.717, 1.165) is 5.56 Å². The Morgan fingerprint density at radius 3 is 2.08 bits per heavy atom. The first kappa shape index (κ1) is 19.2. The molecule has 25 heavy (non-hydrogen) atoms. The highest BCUT2D eigenvalue weighted by molar-refractivity contribution is 6.30. The van der Waals surface area contributed by atoms with E-state index in [1.165, 1.54) is 11.8 Å². The fourth-order valence-electron chi connectivity index (χ4n) is 3.41. The number of esters is 2. The Morgan fingerprint density at radius 1 is 1.12 bits per heavy atom. The molecule has 0 radical (unpaired) electrons. The summed E-state index contributed by atoms with van der Waals surface area (Å²) in [6.07, 6.45) is 0.443. The number of ether oxygens (including phenoxy) is 2. The Bertz CT molecular complexity index is 640. The van der Waals surface area contributed by atoms with Crippen molar-refractivity contribution in [3.63, 3.8) is 0 Å². The summed E-state index contributed by atoms with van der Waals surface area (Å²) in [7, 11) is 0. The number of benzene rings is 1. The van der Waals surface area contributed by atoms with Crippen molar-refractivity contribution in [2.24, 2.45) is 0 Å². The Kier molecular flexibility index (Phi) is 6.06. The summed E-state index contributed by atoms with van der Waals surface area (Å²) >= 11 is 5.95. The lowest BCUT2D eigenvalue weighted by Gasteiger charge is -2.37. The van der Waals surface area contributed by atoms with Gasteiger partial charge in [0, 0.05) is 24.4 Å². The van der Waals surface area contributed by atoms with Crippen LogP contribution in [0.15, 0.2) is 24.3 Å². The van der Waals surface area contributed by atoms with Crippen molar-refractivity contribution in [2.45, 2.75) is 38.6 Å². The van der Waals surface area contributed by atoms with E-state index in [9.17, 15) is 14.4 Å². The molecule has 1 amide bonds. The van der Waals surface area contributed by atoms with E-state index in [2.05, 4.69) is 0 Å². The molecule has 1 fully saturated rings. The lowest BCUT2D eigenvalue weighted by atomic mass is 9.79. The van der Waals surface area contributed by atoms with Gasteiger partial charge in [0.25, 0.3) is 0 Å². The third-order valence-electron chi connectivity index (χ3n) is 4.40. The lowest BCUT2D eigenvalue weighted by molar-refractivity contribution is -0.177. The van der Waals surface area contributed by atoms with Gasteiger partial charge in [-0.25, -0.2) is 9.59 Å². The first-order valence-electron chi connectivity index (χ1n) is 8.27. The molecule has 1 aliphatic rings. The normalized spacial score (nSPS) is 18.7. The molecule has 0 aliphatic carbocycles. The molecule has 1 aliphatic heterocycles.